The van der Waals surface area contributed by atoms with Crippen molar-refractivity contribution < 1.29 is 9.59 Å². The van der Waals surface area contributed by atoms with E-state index in [-0.39, 0.29) is 6.03 Å². The first-order chi connectivity index (χ1) is 9.18. The van der Waals surface area contributed by atoms with Crippen molar-refractivity contribution in [3.63, 3.8) is 0 Å². The summed E-state index contributed by atoms with van der Waals surface area (Å²) in [5.74, 6) is -0.482. The Kier molecular flexibility index (Phi) is 4.79. The van der Waals surface area contributed by atoms with Gasteiger partial charge in [-0.15, -0.1) is 0 Å². The van der Waals surface area contributed by atoms with Crippen LogP contribution in [0.1, 0.15) is 25.7 Å². The van der Waals surface area contributed by atoms with Gasteiger partial charge >= 0.3 is 6.03 Å². The fourth-order valence-electron chi connectivity index (χ4n) is 2.66. The topological polar surface area (TPSA) is 78.7 Å². The summed E-state index contributed by atoms with van der Waals surface area (Å²) in [6.07, 6.45) is 7.82. The maximum Gasteiger partial charge on any atom is 0.322 e. The summed E-state index contributed by atoms with van der Waals surface area (Å²) in [7, 11) is 0. The molecule has 19 heavy (non-hydrogen) atoms. The van der Waals surface area contributed by atoms with E-state index in [1.807, 2.05) is 0 Å². The van der Waals surface area contributed by atoms with Crippen molar-refractivity contribution in [1.29, 1.82) is 0 Å². The number of carbonyl (C=O) groups is 2. The largest absolute Gasteiger partial charge is 0.368 e. The molecule has 0 spiro atoms. The number of primary amides is 1. The molecule has 2 aliphatic heterocycles. The second-order valence-corrected chi connectivity index (χ2v) is 5.11. The van der Waals surface area contributed by atoms with Gasteiger partial charge in [-0.3, -0.25) is 4.79 Å². The number of urea groups is 1. The zero-order valence-corrected chi connectivity index (χ0v) is 11.2. The minimum Gasteiger partial charge on any atom is -0.368 e. The average molecular weight is 266 g/mol. The Hall–Kier alpha value is -1.56. The molecule has 1 fully saturated rings. The molecule has 0 radical (unpaired) electrons. The van der Waals surface area contributed by atoms with E-state index in [1.165, 1.54) is 30.4 Å². The van der Waals surface area contributed by atoms with Crippen LogP contribution in [0.25, 0.3) is 0 Å². The van der Waals surface area contributed by atoms with E-state index >= 15 is 0 Å². The Morgan fingerprint density at radius 3 is 2.74 bits per heavy atom. The molecule has 106 valence electrons. The summed E-state index contributed by atoms with van der Waals surface area (Å²) >= 11 is 0. The number of nitrogens with zero attached hydrogens (tertiary/aromatic N) is 2. The number of amides is 3. The van der Waals surface area contributed by atoms with Crippen LogP contribution in [0.3, 0.4) is 0 Å². The van der Waals surface area contributed by atoms with Gasteiger partial charge in [-0.2, -0.15) is 0 Å². The fourth-order valence-corrected chi connectivity index (χ4v) is 2.66. The van der Waals surface area contributed by atoms with Crippen LogP contribution in [0.15, 0.2) is 12.3 Å². The molecular weight excluding hydrogens is 244 g/mol. The second kappa shape index (κ2) is 6.56. The summed E-state index contributed by atoms with van der Waals surface area (Å²) in [4.78, 5) is 27.0. The third kappa shape index (κ3) is 3.70. The van der Waals surface area contributed by atoms with Crippen molar-refractivity contribution in [2.75, 3.05) is 26.2 Å². The zero-order chi connectivity index (χ0) is 13.7. The predicted molar refractivity (Wildman–Crippen MR) is 72.3 cm³/mol. The van der Waals surface area contributed by atoms with Gasteiger partial charge in [0, 0.05) is 12.7 Å². The number of nitrogens with two attached hydrogens (primary N) is 1. The van der Waals surface area contributed by atoms with Crippen molar-refractivity contribution in [2.45, 2.75) is 31.7 Å². The van der Waals surface area contributed by atoms with E-state index in [1.54, 1.807) is 6.08 Å². The van der Waals surface area contributed by atoms with Gasteiger partial charge < -0.3 is 20.9 Å². The SMILES string of the molecule is NC(=O)C1C=CNC(=O)N1CCCN1CCCCC1. The minimum absolute atomic E-state index is 0.245. The predicted octanol–water partition coefficient (Wildman–Crippen LogP) is 0.255. The summed E-state index contributed by atoms with van der Waals surface area (Å²) in [6.45, 7) is 3.82. The minimum atomic E-state index is -0.616. The molecule has 3 N–H and O–H groups in total. The number of rotatable bonds is 5. The van der Waals surface area contributed by atoms with Gasteiger partial charge in [0.15, 0.2) is 0 Å². The Bertz CT molecular complexity index is 364. The highest BCUT2D eigenvalue weighted by atomic mass is 16.2. The molecule has 0 aromatic rings. The molecule has 0 saturated carbocycles. The lowest BCUT2D eigenvalue weighted by Gasteiger charge is -2.32. The van der Waals surface area contributed by atoms with E-state index in [0.717, 1.165) is 26.1 Å². The number of nitrogens with one attached hydrogen (secondary N) is 1. The lowest BCUT2D eigenvalue weighted by molar-refractivity contribution is -0.121. The zero-order valence-electron chi connectivity index (χ0n) is 11.2. The molecule has 3 amide bonds. The number of piperidine rings is 1. The average Bonchev–Trinajstić information content (AvgIpc) is 2.41. The van der Waals surface area contributed by atoms with Gasteiger partial charge in [0.1, 0.15) is 6.04 Å². The second-order valence-electron chi connectivity index (χ2n) is 5.11. The molecule has 0 bridgehead atoms. The molecule has 6 nitrogen and oxygen atoms in total. The van der Waals surface area contributed by atoms with Crippen molar-refractivity contribution in [3.05, 3.63) is 12.3 Å². The van der Waals surface area contributed by atoms with Gasteiger partial charge in [-0.25, -0.2) is 4.79 Å². The van der Waals surface area contributed by atoms with Crippen molar-refractivity contribution in [1.82, 2.24) is 15.1 Å². The standard InChI is InChI=1S/C13H22N4O2/c14-12(18)11-5-6-15-13(19)17(11)10-4-9-16-7-2-1-3-8-16/h5-6,11H,1-4,7-10H2,(H2,14,18)(H,15,19). The van der Waals surface area contributed by atoms with Crippen LogP contribution < -0.4 is 11.1 Å². The fraction of sp³-hybridized carbons (Fsp3) is 0.692. The van der Waals surface area contributed by atoms with Gasteiger partial charge in [0.25, 0.3) is 0 Å². The van der Waals surface area contributed by atoms with Crippen LogP contribution in [0, 0.1) is 0 Å². The van der Waals surface area contributed by atoms with Crippen LogP contribution in [-0.4, -0.2) is 54.0 Å². The molecular formula is C13H22N4O2. The summed E-state index contributed by atoms with van der Waals surface area (Å²) < 4.78 is 0. The van der Waals surface area contributed by atoms with E-state index in [4.69, 9.17) is 5.73 Å². The van der Waals surface area contributed by atoms with E-state index in [9.17, 15) is 9.59 Å². The Balaban J connectivity index is 1.80. The monoisotopic (exact) mass is 266 g/mol. The molecule has 2 heterocycles. The van der Waals surface area contributed by atoms with E-state index < -0.39 is 11.9 Å². The molecule has 0 aromatic heterocycles. The Morgan fingerprint density at radius 1 is 1.32 bits per heavy atom. The lowest BCUT2D eigenvalue weighted by atomic mass is 10.1. The van der Waals surface area contributed by atoms with Crippen LogP contribution in [0.4, 0.5) is 4.79 Å². The third-order valence-corrected chi connectivity index (χ3v) is 3.70. The molecule has 1 atom stereocenters. The summed E-state index contributed by atoms with van der Waals surface area (Å²) in [5.41, 5.74) is 5.31. The first kappa shape index (κ1) is 13.9. The molecule has 6 heteroatoms. The Labute approximate surface area is 113 Å². The summed E-state index contributed by atoms with van der Waals surface area (Å²) in [6, 6.07) is -0.861. The molecule has 2 rings (SSSR count). The van der Waals surface area contributed by atoms with Gasteiger partial charge in [-0.1, -0.05) is 6.42 Å². The van der Waals surface area contributed by atoms with Gasteiger partial charge in [0.05, 0.1) is 0 Å². The normalized spacial score (nSPS) is 24.3. The van der Waals surface area contributed by atoms with E-state index in [0.29, 0.717) is 6.54 Å². The molecule has 0 aromatic carbocycles. The quantitative estimate of drug-likeness (QED) is 0.749. The van der Waals surface area contributed by atoms with Crippen LogP contribution in [0.2, 0.25) is 0 Å². The first-order valence-corrected chi connectivity index (χ1v) is 6.94. The highest BCUT2D eigenvalue weighted by Crippen LogP contribution is 2.11. The van der Waals surface area contributed by atoms with Crippen LogP contribution in [-0.2, 0) is 4.79 Å². The number of hydrogen-bond donors (Lipinski definition) is 2. The highest BCUT2D eigenvalue weighted by Gasteiger charge is 2.28. The highest BCUT2D eigenvalue weighted by molar-refractivity contribution is 5.89. The number of likely N-dealkylation sites (tertiary alicyclic amines) is 1. The summed E-state index contributed by atoms with van der Waals surface area (Å²) in [5, 5.41) is 2.59. The smallest absolute Gasteiger partial charge is 0.322 e. The van der Waals surface area contributed by atoms with Crippen molar-refractivity contribution in [3.8, 4) is 0 Å². The lowest BCUT2D eigenvalue weighted by Crippen LogP contribution is -2.53. The van der Waals surface area contributed by atoms with Gasteiger partial charge in [-0.05, 0) is 45.0 Å². The Morgan fingerprint density at radius 2 is 2.05 bits per heavy atom. The number of hydrogen-bond acceptors (Lipinski definition) is 3. The van der Waals surface area contributed by atoms with Crippen molar-refractivity contribution in [2.24, 2.45) is 5.73 Å². The molecule has 2 aliphatic rings. The number of carbonyl (C=O) groups excluding carboxylic acids is 2. The maximum absolute atomic E-state index is 11.7. The first-order valence-electron chi connectivity index (χ1n) is 6.94. The van der Waals surface area contributed by atoms with Crippen LogP contribution >= 0.6 is 0 Å². The van der Waals surface area contributed by atoms with Crippen molar-refractivity contribution >= 4 is 11.9 Å². The molecule has 1 saturated heterocycles. The molecule has 0 aliphatic carbocycles. The third-order valence-electron chi connectivity index (χ3n) is 3.70. The van der Waals surface area contributed by atoms with Gasteiger partial charge in [0.2, 0.25) is 5.91 Å². The van der Waals surface area contributed by atoms with E-state index in [2.05, 4.69) is 10.2 Å². The van der Waals surface area contributed by atoms with Crippen LogP contribution in [0.5, 0.6) is 0 Å². The maximum atomic E-state index is 11.7. The molecule has 1 unspecified atom stereocenters.